The Hall–Kier alpha value is -2.96. The van der Waals surface area contributed by atoms with E-state index in [2.05, 4.69) is 0 Å². The van der Waals surface area contributed by atoms with Gasteiger partial charge in [0, 0.05) is 12.1 Å². The molecule has 0 atom stereocenters. The van der Waals surface area contributed by atoms with E-state index < -0.39 is 4.92 Å². The smallest absolute Gasteiger partial charge is 0.270 e. The average molecular weight is 305 g/mol. The number of ether oxygens (including phenoxy) is 2. The van der Waals surface area contributed by atoms with Gasteiger partial charge in [-0.3, -0.25) is 14.9 Å². The molecule has 0 saturated carbocycles. The highest BCUT2D eigenvalue weighted by molar-refractivity contribution is 5.80. The van der Waals surface area contributed by atoms with Crippen LogP contribution in [0.4, 0.5) is 10.1 Å². The molecule has 0 radical (unpaired) electrons. The fourth-order valence-corrected chi connectivity index (χ4v) is 1.71. The van der Waals surface area contributed by atoms with Crippen LogP contribution in [0.3, 0.4) is 0 Å². The van der Waals surface area contributed by atoms with Crippen molar-refractivity contribution < 1.29 is 23.6 Å². The molecule has 0 aliphatic heterocycles. The van der Waals surface area contributed by atoms with Crippen molar-refractivity contribution in [2.45, 2.75) is 0 Å². The molecular weight excluding hydrogens is 293 g/mol. The second kappa shape index (κ2) is 7.16. The highest BCUT2D eigenvalue weighted by atomic mass is 19.1. The van der Waals surface area contributed by atoms with Crippen molar-refractivity contribution in [3.63, 3.8) is 0 Å². The number of rotatable bonds is 7. The Morgan fingerprint density at radius 2 is 1.77 bits per heavy atom. The third kappa shape index (κ3) is 4.02. The van der Waals surface area contributed by atoms with E-state index in [0.717, 1.165) is 6.07 Å². The second-order valence-electron chi connectivity index (χ2n) is 4.25. The third-order valence-corrected chi connectivity index (χ3v) is 2.75. The van der Waals surface area contributed by atoms with Crippen molar-refractivity contribution in [1.82, 2.24) is 0 Å². The first-order valence-electron chi connectivity index (χ1n) is 6.35. The fraction of sp³-hybridized carbons (Fsp3) is 0.133. The summed E-state index contributed by atoms with van der Waals surface area (Å²) in [4.78, 5) is 21.0. The van der Waals surface area contributed by atoms with Crippen LogP contribution in [0.5, 0.6) is 11.5 Å². The molecule has 0 aromatic heterocycles. The summed E-state index contributed by atoms with van der Waals surface area (Å²) in [6.45, 7) is 0.316. The maximum atomic E-state index is 12.7. The molecular formula is C15H12FNO5. The predicted molar refractivity (Wildman–Crippen MR) is 75.9 cm³/mol. The number of nitrogens with zero attached hydrogens (tertiary/aromatic N) is 1. The Labute approximate surface area is 125 Å². The Morgan fingerprint density at radius 3 is 2.41 bits per heavy atom. The fourth-order valence-electron chi connectivity index (χ4n) is 1.71. The summed E-state index contributed by atoms with van der Waals surface area (Å²) >= 11 is 0. The molecule has 0 saturated heterocycles. The van der Waals surface area contributed by atoms with E-state index in [1.54, 1.807) is 0 Å². The van der Waals surface area contributed by atoms with Gasteiger partial charge in [-0.15, -0.1) is 0 Å². The van der Waals surface area contributed by atoms with Crippen LogP contribution in [0.25, 0.3) is 0 Å². The molecule has 2 aromatic carbocycles. The zero-order valence-corrected chi connectivity index (χ0v) is 11.4. The van der Waals surface area contributed by atoms with Crippen molar-refractivity contribution in [1.29, 1.82) is 0 Å². The van der Waals surface area contributed by atoms with Crippen molar-refractivity contribution in [3.05, 3.63) is 64.0 Å². The lowest BCUT2D eigenvalue weighted by atomic mass is 10.2. The van der Waals surface area contributed by atoms with Crippen LogP contribution in [0, 0.1) is 15.9 Å². The van der Waals surface area contributed by atoms with Crippen LogP contribution in [-0.2, 0) is 0 Å². The molecule has 22 heavy (non-hydrogen) atoms. The number of halogens is 1. The van der Waals surface area contributed by atoms with Crippen LogP contribution in [0.2, 0.25) is 0 Å². The minimum Gasteiger partial charge on any atom is -0.490 e. The third-order valence-electron chi connectivity index (χ3n) is 2.75. The van der Waals surface area contributed by atoms with Crippen LogP contribution in [-0.4, -0.2) is 24.4 Å². The number of aldehydes is 1. The van der Waals surface area contributed by atoms with Crippen molar-refractivity contribution >= 4 is 12.0 Å². The van der Waals surface area contributed by atoms with Gasteiger partial charge in [-0.05, 0) is 30.3 Å². The van der Waals surface area contributed by atoms with Gasteiger partial charge in [0.1, 0.15) is 30.5 Å². The number of non-ortho nitro benzene ring substituents is 1. The van der Waals surface area contributed by atoms with Gasteiger partial charge in [0.15, 0.2) is 6.29 Å². The monoisotopic (exact) mass is 305 g/mol. The Kier molecular flexibility index (Phi) is 5.02. The topological polar surface area (TPSA) is 78.7 Å². The van der Waals surface area contributed by atoms with Crippen LogP contribution in [0.1, 0.15) is 10.4 Å². The Bertz CT molecular complexity index is 672. The summed E-state index contributed by atoms with van der Waals surface area (Å²) in [5.74, 6) is 0.373. The number of hydrogen-bond acceptors (Lipinski definition) is 5. The molecule has 0 N–H and O–H groups in total. The van der Waals surface area contributed by atoms with Crippen LogP contribution in [0.15, 0.2) is 42.5 Å². The molecule has 0 aliphatic rings. The zero-order valence-electron chi connectivity index (χ0n) is 11.4. The largest absolute Gasteiger partial charge is 0.490 e. The first kappa shape index (κ1) is 15.4. The van der Waals surface area contributed by atoms with Gasteiger partial charge in [-0.1, -0.05) is 0 Å². The Balaban J connectivity index is 1.90. The van der Waals surface area contributed by atoms with Gasteiger partial charge >= 0.3 is 0 Å². The first-order valence-corrected chi connectivity index (χ1v) is 6.35. The SMILES string of the molecule is O=Cc1cc([N+](=O)[O-])ccc1OCCOc1ccc(F)cc1. The van der Waals surface area contributed by atoms with Gasteiger partial charge in [-0.2, -0.15) is 0 Å². The predicted octanol–water partition coefficient (Wildman–Crippen LogP) is 3.00. The minimum atomic E-state index is -0.589. The van der Waals surface area contributed by atoms with E-state index in [4.69, 9.17) is 9.47 Å². The van der Waals surface area contributed by atoms with Crippen LogP contribution < -0.4 is 9.47 Å². The van der Waals surface area contributed by atoms with E-state index >= 15 is 0 Å². The number of nitro benzene ring substituents is 1. The van der Waals surface area contributed by atoms with Gasteiger partial charge < -0.3 is 9.47 Å². The molecule has 0 bridgehead atoms. The molecule has 0 fully saturated rings. The molecule has 0 unspecified atom stereocenters. The molecule has 114 valence electrons. The number of carbonyl (C=O) groups excluding carboxylic acids is 1. The highest BCUT2D eigenvalue weighted by Gasteiger charge is 2.11. The number of nitro groups is 1. The molecule has 0 amide bonds. The lowest BCUT2D eigenvalue weighted by Gasteiger charge is -2.09. The summed E-state index contributed by atoms with van der Waals surface area (Å²) < 4.78 is 23.4. The molecule has 0 heterocycles. The molecule has 7 heteroatoms. The van der Waals surface area contributed by atoms with Gasteiger partial charge in [0.25, 0.3) is 5.69 Å². The summed E-state index contributed by atoms with van der Waals surface area (Å²) in [6.07, 6.45) is 0.489. The Morgan fingerprint density at radius 1 is 1.09 bits per heavy atom. The van der Waals surface area contributed by atoms with E-state index in [1.807, 2.05) is 0 Å². The van der Waals surface area contributed by atoms with Crippen molar-refractivity contribution in [2.24, 2.45) is 0 Å². The number of benzene rings is 2. The lowest BCUT2D eigenvalue weighted by Crippen LogP contribution is -2.10. The maximum absolute atomic E-state index is 12.7. The van der Waals surface area contributed by atoms with Gasteiger partial charge in [0.2, 0.25) is 0 Å². The average Bonchev–Trinajstić information content (AvgIpc) is 2.53. The number of hydrogen-bond donors (Lipinski definition) is 0. The molecule has 6 nitrogen and oxygen atoms in total. The summed E-state index contributed by atoms with van der Waals surface area (Å²) in [6, 6.07) is 9.27. The van der Waals surface area contributed by atoms with E-state index in [0.29, 0.717) is 12.0 Å². The quantitative estimate of drug-likeness (QED) is 0.340. The second-order valence-corrected chi connectivity index (χ2v) is 4.25. The van der Waals surface area contributed by atoms with Crippen LogP contribution >= 0.6 is 0 Å². The number of carbonyl (C=O) groups is 1. The highest BCUT2D eigenvalue weighted by Crippen LogP contribution is 2.22. The maximum Gasteiger partial charge on any atom is 0.270 e. The van der Waals surface area contributed by atoms with Crippen molar-refractivity contribution in [3.8, 4) is 11.5 Å². The molecule has 0 spiro atoms. The van der Waals surface area contributed by atoms with Crippen molar-refractivity contribution in [2.75, 3.05) is 13.2 Å². The lowest BCUT2D eigenvalue weighted by molar-refractivity contribution is -0.384. The van der Waals surface area contributed by atoms with E-state index in [9.17, 15) is 19.3 Å². The summed E-state index contributed by atoms with van der Waals surface area (Å²) in [5.41, 5.74) is -0.0898. The molecule has 2 rings (SSSR count). The molecule has 0 aliphatic carbocycles. The first-order chi connectivity index (χ1) is 10.6. The van der Waals surface area contributed by atoms with Gasteiger partial charge in [-0.25, -0.2) is 4.39 Å². The van der Waals surface area contributed by atoms with E-state index in [-0.39, 0.29) is 36.0 Å². The zero-order chi connectivity index (χ0) is 15.9. The minimum absolute atomic E-state index is 0.0935. The summed E-state index contributed by atoms with van der Waals surface area (Å²) in [7, 11) is 0. The van der Waals surface area contributed by atoms with Gasteiger partial charge in [0.05, 0.1) is 10.5 Å². The normalized spacial score (nSPS) is 10.0. The summed E-state index contributed by atoms with van der Waals surface area (Å²) in [5, 5.41) is 10.6. The standard InChI is InChI=1S/C15H12FNO5/c16-12-1-4-14(5-2-12)21-7-8-22-15-6-3-13(17(19)20)9-11(15)10-18/h1-6,9-10H,7-8H2. The van der Waals surface area contributed by atoms with E-state index in [1.165, 1.54) is 36.4 Å². The molecule has 2 aromatic rings.